The summed E-state index contributed by atoms with van der Waals surface area (Å²) in [5, 5.41) is 3.67. The lowest BCUT2D eigenvalue weighted by Gasteiger charge is -2.23. The van der Waals surface area contributed by atoms with Gasteiger partial charge in [0.2, 0.25) is 15.9 Å². The Hall–Kier alpha value is -2.93. The van der Waals surface area contributed by atoms with Crippen LogP contribution in [0.5, 0.6) is 0 Å². The summed E-state index contributed by atoms with van der Waals surface area (Å²) in [6.45, 7) is 3.46. The Balaban J connectivity index is 1.89. The smallest absolute Gasteiger partial charge is 0.245 e. The van der Waals surface area contributed by atoms with Gasteiger partial charge in [-0.15, -0.1) is 0 Å². The number of rotatable bonds is 5. The number of sulfonamides is 1. The summed E-state index contributed by atoms with van der Waals surface area (Å²) in [5.41, 5.74) is 3.54. The fraction of sp³-hybridized carbons (Fsp3) is 0.200. The Morgan fingerprint density at radius 3 is 2.41 bits per heavy atom. The fourth-order valence-corrected chi connectivity index (χ4v) is 3.86. The van der Waals surface area contributed by atoms with E-state index in [9.17, 15) is 13.2 Å². The Labute approximate surface area is 158 Å². The Morgan fingerprint density at radius 1 is 1.07 bits per heavy atom. The van der Waals surface area contributed by atoms with Crippen LogP contribution in [0.4, 0.5) is 11.4 Å². The van der Waals surface area contributed by atoms with Crippen LogP contribution in [-0.4, -0.2) is 32.1 Å². The summed E-state index contributed by atoms with van der Waals surface area (Å²) in [4.78, 5) is 16.9. The standard InChI is InChI=1S/C20H21N3O3S/c1-14-10-15(2)12-17(11-14)23(27(3,25)26)13-19(24)22-18-8-4-6-16-7-5-9-21-20(16)18/h4-12H,13H2,1-3H3,(H,22,24). The number of aryl methyl sites for hydroxylation is 2. The van der Waals surface area contributed by atoms with Crippen molar-refractivity contribution in [2.24, 2.45) is 0 Å². The molecule has 0 fully saturated rings. The van der Waals surface area contributed by atoms with Gasteiger partial charge in [-0.05, 0) is 49.2 Å². The van der Waals surface area contributed by atoms with Crippen molar-refractivity contribution >= 4 is 38.2 Å². The molecular formula is C20H21N3O3S. The molecule has 0 aliphatic rings. The lowest BCUT2D eigenvalue weighted by atomic mass is 10.1. The summed E-state index contributed by atoms with van der Waals surface area (Å²) in [5.74, 6) is -0.433. The summed E-state index contributed by atoms with van der Waals surface area (Å²) < 4.78 is 25.7. The van der Waals surface area contributed by atoms with Gasteiger partial charge in [0.25, 0.3) is 0 Å². The zero-order valence-electron chi connectivity index (χ0n) is 15.4. The molecule has 3 aromatic rings. The molecule has 1 amide bonds. The number of nitrogens with one attached hydrogen (secondary N) is 1. The van der Waals surface area contributed by atoms with Crippen LogP contribution in [0.15, 0.2) is 54.7 Å². The lowest BCUT2D eigenvalue weighted by Crippen LogP contribution is -2.37. The van der Waals surface area contributed by atoms with Gasteiger partial charge in [-0.1, -0.05) is 24.3 Å². The third-order valence-corrected chi connectivity index (χ3v) is 5.23. The predicted octanol–water partition coefficient (Wildman–Crippen LogP) is 3.26. The number of hydrogen-bond acceptors (Lipinski definition) is 4. The molecular weight excluding hydrogens is 362 g/mol. The number of hydrogen-bond donors (Lipinski definition) is 1. The minimum atomic E-state index is -3.62. The average molecular weight is 383 g/mol. The van der Waals surface area contributed by atoms with E-state index in [0.717, 1.165) is 27.1 Å². The molecule has 0 radical (unpaired) electrons. The van der Waals surface area contributed by atoms with Gasteiger partial charge in [0.05, 0.1) is 23.1 Å². The highest BCUT2D eigenvalue weighted by atomic mass is 32.2. The van der Waals surface area contributed by atoms with Crippen molar-refractivity contribution in [3.05, 3.63) is 65.9 Å². The number of aromatic nitrogens is 1. The van der Waals surface area contributed by atoms with Gasteiger partial charge in [0, 0.05) is 11.6 Å². The molecule has 0 atom stereocenters. The maximum absolute atomic E-state index is 12.6. The molecule has 1 aromatic heterocycles. The second kappa shape index (κ2) is 7.36. The van der Waals surface area contributed by atoms with Gasteiger partial charge in [0.15, 0.2) is 0 Å². The van der Waals surface area contributed by atoms with Crippen molar-refractivity contribution < 1.29 is 13.2 Å². The Bertz CT molecular complexity index is 1080. The van der Waals surface area contributed by atoms with E-state index >= 15 is 0 Å². The topological polar surface area (TPSA) is 79.4 Å². The zero-order chi connectivity index (χ0) is 19.6. The van der Waals surface area contributed by atoms with E-state index in [1.165, 1.54) is 0 Å². The third kappa shape index (κ3) is 4.43. The second-order valence-corrected chi connectivity index (χ2v) is 8.45. The van der Waals surface area contributed by atoms with Gasteiger partial charge in [0.1, 0.15) is 6.54 Å². The first-order valence-electron chi connectivity index (χ1n) is 8.43. The van der Waals surface area contributed by atoms with E-state index in [2.05, 4.69) is 10.3 Å². The van der Waals surface area contributed by atoms with Gasteiger partial charge in [-0.3, -0.25) is 14.1 Å². The molecule has 0 bridgehead atoms. The van der Waals surface area contributed by atoms with Gasteiger partial charge < -0.3 is 5.32 Å². The number of benzene rings is 2. The fourth-order valence-electron chi connectivity index (χ4n) is 3.02. The van der Waals surface area contributed by atoms with E-state index in [1.54, 1.807) is 24.4 Å². The van der Waals surface area contributed by atoms with Gasteiger partial charge in [-0.2, -0.15) is 0 Å². The molecule has 0 aliphatic heterocycles. The Kier molecular flexibility index (Phi) is 5.14. The van der Waals surface area contributed by atoms with Gasteiger partial charge >= 0.3 is 0 Å². The number of fused-ring (bicyclic) bond motifs is 1. The van der Waals surface area contributed by atoms with Crippen LogP contribution >= 0.6 is 0 Å². The number of carbonyl (C=O) groups excluding carboxylic acids is 1. The molecule has 0 aliphatic carbocycles. The van der Waals surface area contributed by atoms with E-state index in [-0.39, 0.29) is 6.54 Å². The number of anilines is 2. The van der Waals surface area contributed by atoms with Crippen molar-refractivity contribution in [2.75, 3.05) is 22.4 Å². The van der Waals surface area contributed by atoms with Crippen molar-refractivity contribution in [3.63, 3.8) is 0 Å². The van der Waals surface area contributed by atoms with Crippen LogP contribution in [0.25, 0.3) is 10.9 Å². The molecule has 7 heteroatoms. The minimum Gasteiger partial charge on any atom is -0.323 e. The normalized spacial score (nSPS) is 11.4. The summed E-state index contributed by atoms with van der Waals surface area (Å²) in [6, 6.07) is 14.6. The highest BCUT2D eigenvalue weighted by Gasteiger charge is 2.21. The summed E-state index contributed by atoms with van der Waals surface area (Å²) in [7, 11) is -3.62. The second-order valence-electron chi connectivity index (χ2n) is 6.54. The predicted molar refractivity (Wildman–Crippen MR) is 108 cm³/mol. The molecule has 0 unspecified atom stereocenters. The van der Waals surface area contributed by atoms with E-state index in [0.29, 0.717) is 16.9 Å². The molecule has 1 heterocycles. The number of pyridine rings is 1. The molecule has 140 valence electrons. The minimum absolute atomic E-state index is 0.315. The van der Waals surface area contributed by atoms with Crippen LogP contribution in [0, 0.1) is 13.8 Å². The number of nitrogens with zero attached hydrogens (tertiary/aromatic N) is 2. The average Bonchev–Trinajstić information content (AvgIpc) is 2.58. The van der Waals surface area contributed by atoms with Crippen molar-refractivity contribution in [2.45, 2.75) is 13.8 Å². The first-order valence-corrected chi connectivity index (χ1v) is 10.3. The lowest BCUT2D eigenvalue weighted by molar-refractivity contribution is -0.114. The van der Waals surface area contributed by atoms with E-state index in [1.807, 2.05) is 44.2 Å². The van der Waals surface area contributed by atoms with Crippen molar-refractivity contribution in [1.82, 2.24) is 4.98 Å². The number of para-hydroxylation sites is 1. The van der Waals surface area contributed by atoms with E-state index < -0.39 is 15.9 Å². The van der Waals surface area contributed by atoms with Gasteiger partial charge in [-0.25, -0.2) is 8.42 Å². The molecule has 6 nitrogen and oxygen atoms in total. The van der Waals surface area contributed by atoms with Crippen molar-refractivity contribution in [3.8, 4) is 0 Å². The van der Waals surface area contributed by atoms with Crippen LogP contribution < -0.4 is 9.62 Å². The van der Waals surface area contributed by atoms with Crippen LogP contribution in [0.3, 0.4) is 0 Å². The quantitative estimate of drug-likeness (QED) is 0.733. The molecule has 27 heavy (non-hydrogen) atoms. The first kappa shape index (κ1) is 18.8. The Morgan fingerprint density at radius 2 is 1.74 bits per heavy atom. The monoisotopic (exact) mass is 383 g/mol. The molecule has 0 spiro atoms. The van der Waals surface area contributed by atoms with Crippen molar-refractivity contribution in [1.29, 1.82) is 0 Å². The van der Waals surface area contributed by atoms with E-state index in [4.69, 9.17) is 0 Å². The molecule has 1 N–H and O–H groups in total. The number of amides is 1. The SMILES string of the molecule is Cc1cc(C)cc(N(CC(=O)Nc2cccc3cccnc23)S(C)(=O)=O)c1. The zero-order valence-corrected chi connectivity index (χ0v) is 16.2. The molecule has 3 rings (SSSR count). The van der Waals surface area contributed by atoms with Crippen LogP contribution in [-0.2, 0) is 14.8 Å². The molecule has 2 aromatic carbocycles. The van der Waals surface area contributed by atoms with Crippen LogP contribution in [0.1, 0.15) is 11.1 Å². The van der Waals surface area contributed by atoms with Crippen LogP contribution in [0.2, 0.25) is 0 Å². The first-order chi connectivity index (χ1) is 12.7. The third-order valence-electron chi connectivity index (χ3n) is 4.09. The summed E-state index contributed by atoms with van der Waals surface area (Å²) in [6.07, 6.45) is 2.74. The highest BCUT2D eigenvalue weighted by Crippen LogP contribution is 2.23. The largest absolute Gasteiger partial charge is 0.323 e. The molecule has 0 saturated heterocycles. The highest BCUT2D eigenvalue weighted by molar-refractivity contribution is 7.92. The maximum atomic E-state index is 12.6. The molecule has 0 saturated carbocycles. The maximum Gasteiger partial charge on any atom is 0.245 e. The summed E-state index contributed by atoms with van der Waals surface area (Å²) >= 11 is 0. The number of carbonyl (C=O) groups is 1.